The molecular formula is C26H21ClN4O2S. The fraction of sp³-hybridized carbons (Fsp3) is 0.115. The van der Waals surface area contributed by atoms with Crippen molar-refractivity contribution in [2.75, 3.05) is 18.0 Å². The van der Waals surface area contributed by atoms with Crippen LogP contribution in [0.25, 0.3) is 15.8 Å². The number of aliphatic hydroxyl groups excluding tert-OH is 1. The highest BCUT2D eigenvalue weighted by molar-refractivity contribution is 7.19. The minimum Gasteiger partial charge on any atom is -0.510 e. The average Bonchev–Trinajstić information content (AvgIpc) is 3.40. The van der Waals surface area contributed by atoms with Crippen LogP contribution >= 0.6 is 22.9 Å². The van der Waals surface area contributed by atoms with Gasteiger partial charge in [-0.25, -0.2) is 4.98 Å². The Bertz CT molecular complexity index is 1400. The van der Waals surface area contributed by atoms with Crippen LogP contribution in [0.5, 0.6) is 0 Å². The van der Waals surface area contributed by atoms with Crippen molar-refractivity contribution in [1.29, 1.82) is 5.41 Å². The van der Waals surface area contributed by atoms with Crippen LogP contribution in [0.1, 0.15) is 20.9 Å². The van der Waals surface area contributed by atoms with E-state index < -0.39 is 0 Å². The number of nitrogens with zero attached hydrogens (tertiary/aromatic N) is 2. The van der Waals surface area contributed by atoms with Gasteiger partial charge in [-0.1, -0.05) is 41.9 Å². The molecule has 3 N–H and O–H groups in total. The van der Waals surface area contributed by atoms with Crippen molar-refractivity contribution in [1.82, 2.24) is 10.3 Å². The van der Waals surface area contributed by atoms with E-state index in [1.807, 2.05) is 54.6 Å². The van der Waals surface area contributed by atoms with Gasteiger partial charge in [0.15, 0.2) is 0 Å². The molecule has 8 heteroatoms. The molecule has 0 fully saturated rings. The summed E-state index contributed by atoms with van der Waals surface area (Å²) in [7, 11) is 0. The van der Waals surface area contributed by atoms with Crippen LogP contribution in [-0.2, 0) is 6.42 Å². The molecule has 1 aliphatic heterocycles. The molecule has 4 aromatic rings. The zero-order valence-corrected chi connectivity index (χ0v) is 19.7. The molecule has 0 aliphatic carbocycles. The summed E-state index contributed by atoms with van der Waals surface area (Å²) < 4.78 is 1.00. The summed E-state index contributed by atoms with van der Waals surface area (Å²) in [5.41, 5.74) is 3.52. The highest BCUT2D eigenvalue weighted by atomic mass is 35.5. The third kappa shape index (κ3) is 4.40. The summed E-state index contributed by atoms with van der Waals surface area (Å²) in [6.07, 6.45) is 0.697. The second kappa shape index (κ2) is 9.29. The van der Waals surface area contributed by atoms with Crippen molar-refractivity contribution >= 4 is 56.2 Å². The number of hydrogen-bond acceptors (Lipinski definition) is 5. The third-order valence-electron chi connectivity index (χ3n) is 5.64. The first-order valence-electron chi connectivity index (χ1n) is 10.8. The molecule has 0 radical (unpaired) electrons. The van der Waals surface area contributed by atoms with Gasteiger partial charge in [-0.3, -0.25) is 10.2 Å². The zero-order chi connectivity index (χ0) is 23.7. The normalized spacial score (nSPS) is 13.7. The summed E-state index contributed by atoms with van der Waals surface area (Å²) in [5.74, 6) is 0.0730. The lowest BCUT2D eigenvalue weighted by Crippen LogP contribution is -2.28. The molecule has 0 saturated heterocycles. The van der Waals surface area contributed by atoms with Gasteiger partial charge in [0.2, 0.25) is 0 Å². The number of thiazole rings is 1. The fourth-order valence-electron chi connectivity index (χ4n) is 3.89. The number of aliphatic hydroxyl groups is 1. The van der Waals surface area contributed by atoms with Crippen LogP contribution in [0.4, 0.5) is 5.69 Å². The molecule has 1 amide bonds. The average molecular weight is 489 g/mol. The quantitative estimate of drug-likeness (QED) is 0.325. The standard InChI is InChI=1S/C26H21ClN4O2S/c27-18-10-8-16(9-11-18)12-13-29-25(33)17-4-3-5-19(14-17)31-15-21(32)23(24(31)28)26-30-20-6-1-2-7-22(20)34-26/h1-11,14,28,32H,12-13,15H2,(H,29,33). The first-order chi connectivity index (χ1) is 16.5. The first-order valence-corrected chi connectivity index (χ1v) is 12.0. The van der Waals surface area contributed by atoms with E-state index in [2.05, 4.69) is 10.3 Å². The Labute approximate surface area is 205 Å². The summed E-state index contributed by atoms with van der Waals surface area (Å²) >= 11 is 7.36. The number of rotatable bonds is 6. The van der Waals surface area contributed by atoms with Crippen LogP contribution in [-0.4, -0.2) is 34.9 Å². The maximum absolute atomic E-state index is 12.7. The number of fused-ring (bicyclic) bond motifs is 1. The molecule has 170 valence electrons. The van der Waals surface area contributed by atoms with Gasteiger partial charge in [0.05, 0.1) is 22.3 Å². The number of aromatic nitrogens is 1. The lowest BCUT2D eigenvalue weighted by Gasteiger charge is -2.19. The molecule has 0 saturated carbocycles. The number of amides is 1. The summed E-state index contributed by atoms with van der Waals surface area (Å²) in [4.78, 5) is 19.0. The van der Waals surface area contributed by atoms with E-state index in [1.54, 1.807) is 23.1 Å². The van der Waals surface area contributed by atoms with Crippen molar-refractivity contribution in [2.24, 2.45) is 0 Å². The monoisotopic (exact) mass is 488 g/mol. The van der Waals surface area contributed by atoms with Gasteiger partial charge in [0.25, 0.3) is 5.91 Å². The smallest absolute Gasteiger partial charge is 0.251 e. The number of para-hydroxylation sites is 1. The number of anilines is 1. The largest absolute Gasteiger partial charge is 0.510 e. The molecule has 1 aromatic heterocycles. The summed E-state index contributed by atoms with van der Waals surface area (Å²) in [5, 5.41) is 23.6. The highest BCUT2D eigenvalue weighted by Crippen LogP contribution is 2.35. The number of carbonyl (C=O) groups excluding carboxylic acids is 1. The van der Waals surface area contributed by atoms with Crippen LogP contribution in [0.2, 0.25) is 5.02 Å². The van der Waals surface area contributed by atoms with Gasteiger partial charge in [-0.05, 0) is 54.4 Å². The Morgan fingerprint density at radius 2 is 1.91 bits per heavy atom. The maximum atomic E-state index is 12.7. The van der Waals surface area contributed by atoms with Gasteiger partial charge < -0.3 is 15.3 Å². The Morgan fingerprint density at radius 1 is 1.12 bits per heavy atom. The lowest BCUT2D eigenvalue weighted by atomic mass is 10.1. The number of hydrogen-bond donors (Lipinski definition) is 3. The van der Waals surface area contributed by atoms with Gasteiger partial charge >= 0.3 is 0 Å². The number of carbonyl (C=O) groups is 1. The minimum absolute atomic E-state index is 0.0990. The molecule has 3 aromatic carbocycles. The number of halogens is 1. The van der Waals surface area contributed by atoms with Gasteiger partial charge in [-0.2, -0.15) is 0 Å². The van der Waals surface area contributed by atoms with Crippen molar-refractivity contribution in [3.63, 3.8) is 0 Å². The predicted octanol–water partition coefficient (Wildman–Crippen LogP) is 5.69. The third-order valence-corrected chi connectivity index (χ3v) is 6.95. The van der Waals surface area contributed by atoms with E-state index in [9.17, 15) is 9.90 Å². The van der Waals surface area contributed by atoms with E-state index in [1.165, 1.54) is 11.3 Å². The first kappa shape index (κ1) is 22.1. The summed E-state index contributed by atoms with van der Waals surface area (Å²) in [6.45, 7) is 0.653. The molecule has 1 aliphatic rings. The minimum atomic E-state index is -0.190. The maximum Gasteiger partial charge on any atom is 0.251 e. The lowest BCUT2D eigenvalue weighted by molar-refractivity contribution is 0.0954. The van der Waals surface area contributed by atoms with Crippen LogP contribution in [0.15, 0.2) is 78.6 Å². The fourth-order valence-corrected chi connectivity index (χ4v) is 5.05. The van der Waals surface area contributed by atoms with Gasteiger partial charge in [-0.15, -0.1) is 11.3 Å². The molecule has 6 nitrogen and oxygen atoms in total. The molecular weight excluding hydrogens is 468 g/mol. The Kier molecular flexibility index (Phi) is 6.04. The van der Waals surface area contributed by atoms with E-state index in [0.29, 0.717) is 39.8 Å². The molecule has 5 rings (SSSR count). The van der Waals surface area contributed by atoms with Crippen molar-refractivity contribution in [3.8, 4) is 0 Å². The van der Waals surface area contributed by atoms with Gasteiger partial charge in [0.1, 0.15) is 16.6 Å². The van der Waals surface area contributed by atoms with Crippen molar-refractivity contribution in [3.05, 3.63) is 99.7 Å². The number of nitrogens with one attached hydrogen (secondary N) is 2. The van der Waals surface area contributed by atoms with E-state index >= 15 is 0 Å². The van der Waals surface area contributed by atoms with Crippen molar-refractivity contribution in [2.45, 2.75) is 6.42 Å². The van der Waals surface area contributed by atoms with Crippen LogP contribution in [0.3, 0.4) is 0 Å². The Morgan fingerprint density at radius 3 is 2.71 bits per heavy atom. The van der Waals surface area contributed by atoms with Crippen molar-refractivity contribution < 1.29 is 9.90 Å². The van der Waals surface area contributed by atoms with Gasteiger partial charge in [0, 0.05) is 22.8 Å². The predicted molar refractivity (Wildman–Crippen MR) is 138 cm³/mol. The SMILES string of the molecule is N=C1C(c2nc3ccccc3s2)=C(O)CN1c1cccc(C(=O)NCCc2ccc(Cl)cc2)c1. The topological polar surface area (TPSA) is 89.3 Å². The Hall–Kier alpha value is -3.68. The zero-order valence-electron chi connectivity index (χ0n) is 18.1. The second-order valence-corrected chi connectivity index (χ2v) is 9.39. The molecule has 2 heterocycles. The molecule has 0 atom stereocenters. The van der Waals surface area contributed by atoms with E-state index in [4.69, 9.17) is 17.0 Å². The Balaban J connectivity index is 1.29. The second-order valence-electron chi connectivity index (χ2n) is 7.93. The van der Waals surface area contributed by atoms with E-state index in [-0.39, 0.29) is 24.0 Å². The summed E-state index contributed by atoms with van der Waals surface area (Å²) in [6, 6.07) is 22.4. The van der Waals surface area contributed by atoms with Crippen LogP contribution < -0.4 is 10.2 Å². The number of benzene rings is 3. The molecule has 0 unspecified atom stereocenters. The number of amidine groups is 1. The molecule has 0 bridgehead atoms. The molecule has 0 spiro atoms. The molecule has 34 heavy (non-hydrogen) atoms. The highest BCUT2D eigenvalue weighted by Gasteiger charge is 2.31. The van der Waals surface area contributed by atoms with E-state index in [0.717, 1.165) is 15.8 Å². The van der Waals surface area contributed by atoms with Crippen LogP contribution in [0, 0.1) is 5.41 Å².